The third-order valence-electron chi connectivity index (χ3n) is 7.48. The SMILES string of the molecule is O=C(Nc1cc(N(F)F)ccc1F)c1cccc2cc(Oc3ccnc4cc(OCCCN5CCOCC5)c(O)cc34)ccc12. The van der Waals surface area contributed by atoms with Gasteiger partial charge in [-0.25, -0.2) is 4.39 Å². The van der Waals surface area contributed by atoms with Gasteiger partial charge in [-0.2, -0.15) is 0 Å². The number of carbonyl (C=O) groups excluding carboxylic acids is 1. The minimum atomic E-state index is -1.16. The van der Waals surface area contributed by atoms with E-state index in [0.717, 1.165) is 57.5 Å². The number of aromatic nitrogens is 1. The van der Waals surface area contributed by atoms with Crippen LogP contribution in [0.15, 0.2) is 79.0 Å². The zero-order valence-electron chi connectivity index (χ0n) is 24.0. The van der Waals surface area contributed by atoms with Crippen LogP contribution in [0.25, 0.3) is 21.7 Å². The van der Waals surface area contributed by atoms with Crippen LogP contribution in [0.5, 0.6) is 23.0 Å². The molecule has 232 valence electrons. The van der Waals surface area contributed by atoms with Gasteiger partial charge in [0.25, 0.3) is 5.91 Å². The van der Waals surface area contributed by atoms with Crippen molar-refractivity contribution in [2.75, 3.05) is 50.1 Å². The number of hydrogen-bond donors (Lipinski definition) is 2. The lowest BCUT2D eigenvalue weighted by Gasteiger charge is -2.26. The van der Waals surface area contributed by atoms with E-state index in [1.807, 2.05) is 0 Å². The summed E-state index contributed by atoms with van der Waals surface area (Å²) in [5.74, 6) is -0.294. The fourth-order valence-corrected chi connectivity index (χ4v) is 5.19. The number of hydrogen-bond acceptors (Lipinski definition) is 8. The fourth-order valence-electron chi connectivity index (χ4n) is 5.19. The van der Waals surface area contributed by atoms with Gasteiger partial charge >= 0.3 is 0 Å². The molecule has 45 heavy (non-hydrogen) atoms. The number of rotatable bonds is 10. The van der Waals surface area contributed by atoms with Crippen LogP contribution in [0, 0.1) is 5.82 Å². The third-order valence-corrected chi connectivity index (χ3v) is 7.48. The molecule has 0 spiro atoms. The van der Waals surface area contributed by atoms with Crippen molar-refractivity contribution in [2.24, 2.45) is 0 Å². The van der Waals surface area contributed by atoms with Gasteiger partial charge < -0.3 is 24.6 Å². The highest BCUT2D eigenvalue weighted by atomic mass is 19.4. The van der Waals surface area contributed by atoms with E-state index in [0.29, 0.717) is 45.5 Å². The molecule has 6 rings (SSSR count). The number of halogens is 3. The second-order valence-electron chi connectivity index (χ2n) is 10.4. The zero-order valence-corrected chi connectivity index (χ0v) is 24.0. The summed E-state index contributed by atoms with van der Waals surface area (Å²) in [6.07, 6.45) is 2.40. The van der Waals surface area contributed by atoms with Crippen molar-refractivity contribution in [2.45, 2.75) is 6.42 Å². The van der Waals surface area contributed by atoms with Gasteiger partial charge in [-0.15, -0.1) is 0 Å². The van der Waals surface area contributed by atoms with Crippen LogP contribution in [0.1, 0.15) is 16.8 Å². The lowest BCUT2D eigenvalue weighted by atomic mass is 10.0. The maximum atomic E-state index is 14.2. The summed E-state index contributed by atoms with van der Waals surface area (Å²) < 4.78 is 57.5. The lowest BCUT2D eigenvalue weighted by Crippen LogP contribution is -2.37. The molecule has 0 saturated carbocycles. The molecular formula is C33H29F3N4O5. The number of benzene rings is 4. The van der Waals surface area contributed by atoms with Gasteiger partial charge in [0.15, 0.2) is 11.5 Å². The number of ether oxygens (including phenoxy) is 3. The Hall–Kier alpha value is -5.07. The Balaban J connectivity index is 1.17. The predicted molar refractivity (Wildman–Crippen MR) is 164 cm³/mol. The van der Waals surface area contributed by atoms with Crippen LogP contribution >= 0.6 is 0 Å². The second-order valence-corrected chi connectivity index (χ2v) is 10.4. The third kappa shape index (κ3) is 6.87. The van der Waals surface area contributed by atoms with Crippen LogP contribution < -0.4 is 20.1 Å². The standard InChI is InChI=1S/C33H29F3N4O5/c34-27-8-5-22(40(35)36)18-29(27)38-33(42)25-4-1-3-21-17-23(6-7-24(21)25)45-31-9-10-37-28-20-32(30(41)19-26(28)31)44-14-2-11-39-12-15-43-16-13-39/h1,3-10,17-20,41H,2,11-16H2,(H,38,42). The fraction of sp³-hybridized carbons (Fsp3) is 0.212. The van der Waals surface area contributed by atoms with Gasteiger partial charge in [0.2, 0.25) is 0 Å². The number of phenols is 1. The molecule has 2 heterocycles. The van der Waals surface area contributed by atoms with Crippen molar-refractivity contribution in [3.8, 4) is 23.0 Å². The first-order chi connectivity index (χ1) is 21.9. The minimum absolute atomic E-state index is 0.0337. The Kier molecular flexibility index (Phi) is 8.85. The van der Waals surface area contributed by atoms with Gasteiger partial charge in [-0.1, -0.05) is 21.1 Å². The maximum absolute atomic E-state index is 14.2. The summed E-state index contributed by atoms with van der Waals surface area (Å²) in [4.78, 5) is 19.8. The topological polar surface area (TPSA) is 96.4 Å². The number of nitrogens with one attached hydrogen (secondary N) is 1. The van der Waals surface area contributed by atoms with E-state index in [9.17, 15) is 23.3 Å². The first-order valence-electron chi connectivity index (χ1n) is 14.3. The zero-order chi connectivity index (χ0) is 31.3. The van der Waals surface area contributed by atoms with E-state index in [2.05, 4.69) is 15.2 Å². The van der Waals surface area contributed by atoms with Gasteiger partial charge in [-0.3, -0.25) is 14.7 Å². The molecule has 1 fully saturated rings. The van der Waals surface area contributed by atoms with Crippen LogP contribution in [0.3, 0.4) is 0 Å². The Bertz CT molecular complexity index is 1850. The van der Waals surface area contributed by atoms with Crippen LogP contribution in [-0.4, -0.2) is 60.4 Å². The number of morpholine rings is 1. The van der Waals surface area contributed by atoms with Crippen molar-refractivity contribution in [3.63, 3.8) is 0 Å². The number of amides is 1. The van der Waals surface area contributed by atoms with E-state index in [4.69, 9.17) is 14.2 Å². The molecule has 1 aliphatic rings. The van der Waals surface area contributed by atoms with E-state index < -0.39 is 22.8 Å². The highest BCUT2D eigenvalue weighted by molar-refractivity contribution is 6.13. The monoisotopic (exact) mass is 618 g/mol. The highest BCUT2D eigenvalue weighted by Gasteiger charge is 2.17. The number of phenolic OH excluding ortho intramolecular Hbond substituents is 1. The molecule has 0 aliphatic carbocycles. The number of pyridine rings is 1. The molecule has 0 bridgehead atoms. The molecular weight excluding hydrogens is 589 g/mol. The van der Waals surface area contributed by atoms with E-state index in [1.165, 1.54) is 0 Å². The average Bonchev–Trinajstić information content (AvgIpc) is 3.04. The van der Waals surface area contributed by atoms with Crippen molar-refractivity contribution in [3.05, 3.63) is 90.4 Å². The number of anilines is 2. The van der Waals surface area contributed by atoms with Crippen molar-refractivity contribution >= 4 is 39.0 Å². The van der Waals surface area contributed by atoms with E-state index in [-0.39, 0.29) is 17.0 Å². The molecule has 5 aromatic rings. The summed E-state index contributed by atoms with van der Waals surface area (Å²) in [5.41, 5.74) is -0.137. The number of carbonyl (C=O) groups is 1. The van der Waals surface area contributed by atoms with Crippen LogP contribution in [-0.2, 0) is 4.74 Å². The average molecular weight is 619 g/mol. The largest absolute Gasteiger partial charge is 0.504 e. The Labute approximate surface area is 256 Å². The quantitative estimate of drug-likeness (QED) is 0.128. The maximum Gasteiger partial charge on any atom is 0.256 e. The summed E-state index contributed by atoms with van der Waals surface area (Å²) in [6, 6.07) is 17.6. The van der Waals surface area contributed by atoms with E-state index >= 15 is 0 Å². The summed E-state index contributed by atoms with van der Waals surface area (Å²) in [7, 11) is 0. The first kappa shape index (κ1) is 30.0. The molecule has 1 saturated heterocycles. The lowest BCUT2D eigenvalue weighted by molar-refractivity contribution is 0.0357. The van der Waals surface area contributed by atoms with Gasteiger partial charge in [0.05, 0.1) is 31.0 Å². The number of fused-ring (bicyclic) bond motifs is 2. The number of aromatic hydroxyl groups is 1. The smallest absolute Gasteiger partial charge is 0.256 e. The van der Waals surface area contributed by atoms with Crippen molar-refractivity contribution in [1.82, 2.24) is 9.88 Å². The molecule has 0 radical (unpaired) electrons. The first-order valence-corrected chi connectivity index (χ1v) is 14.3. The summed E-state index contributed by atoms with van der Waals surface area (Å²) in [6.45, 7) is 4.62. The number of nitrogens with zero attached hydrogens (tertiary/aromatic N) is 3. The summed E-state index contributed by atoms with van der Waals surface area (Å²) >= 11 is 0. The van der Waals surface area contributed by atoms with Crippen molar-refractivity contribution in [1.29, 1.82) is 0 Å². The van der Waals surface area contributed by atoms with E-state index in [1.54, 1.807) is 60.8 Å². The Morgan fingerprint density at radius 2 is 1.84 bits per heavy atom. The molecule has 0 unspecified atom stereocenters. The normalized spacial score (nSPS) is 13.6. The molecule has 4 aromatic carbocycles. The van der Waals surface area contributed by atoms with Crippen molar-refractivity contribution < 1.29 is 37.5 Å². The van der Waals surface area contributed by atoms with Gasteiger partial charge in [-0.05, 0) is 77.1 Å². The molecule has 1 aliphatic heterocycles. The molecule has 9 nitrogen and oxygen atoms in total. The van der Waals surface area contributed by atoms with Crippen LogP contribution in [0.4, 0.5) is 24.7 Å². The summed E-state index contributed by atoms with van der Waals surface area (Å²) in [5, 5.41) is 13.7. The molecule has 2 N–H and O–H groups in total. The van der Waals surface area contributed by atoms with Crippen LogP contribution in [0.2, 0.25) is 0 Å². The van der Waals surface area contributed by atoms with Gasteiger partial charge in [0, 0.05) is 42.8 Å². The molecule has 12 heteroatoms. The second kappa shape index (κ2) is 13.3. The Morgan fingerprint density at radius 3 is 2.67 bits per heavy atom. The minimum Gasteiger partial charge on any atom is -0.504 e. The Morgan fingerprint density at radius 1 is 1.00 bits per heavy atom. The molecule has 0 atom stereocenters. The predicted octanol–water partition coefficient (Wildman–Crippen LogP) is 6.95. The molecule has 1 aromatic heterocycles. The van der Waals surface area contributed by atoms with Gasteiger partial charge in [0.1, 0.15) is 23.0 Å². The highest BCUT2D eigenvalue weighted by Crippen LogP contribution is 2.37. The molecule has 1 amide bonds.